The van der Waals surface area contributed by atoms with Gasteiger partial charge in [-0.05, 0) is 37.3 Å². The average molecular weight is 378 g/mol. The van der Waals surface area contributed by atoms with Crippen LogP contribution in [0.5, 0.6) is 0 Å². The second-order valence-electron chi connectivity index (χ2n) is 7.20. The van der Waals surface area contributed by atoms with Crippen LogP contribution in [-0.4, -0.2) is 42.1 Å². The summed E-state index contributed by atoms with van der Waals surface area (Å²) in [5, 5.41) is 1.18. The first-order valence-corrected chi connectivity index (χ1v) is 9.34. The maximum absolute atomic E-state index is 6.40. The van der Waals surface area contributed by atoms with Gasteiger partial charge in [-0.25, -0.2) is 15.0 Å². The van der Waals surface area contributed by atoms with Crippen LogP contribution in [0, 0.1) is 0 Å². The first-order chi connectivity index (χ1) is 12.0. The van der Waals surface area contributed by atoms with Gasteiger partial charge >= 0.3 is 0 Å². The van der Waals surface area contributed by atoms with E-state index in [4.69, 9.17) is 28.2 Å². The van der Waals surface area contributed by atoms with E-state index in [1.165, 1.54) is 11.3 Å². The molecule has 132 valence electrons. The third-order valence-corrected chi connectivity index (χ3v) is 5.78. The number of pyridine rings is 1. The highest BCUT2D eigenvalue weighted by Crippen LogP contribution is 2.45. The first-order valence-electron chi connectivity index (χ1n) is 8.58. The Hall–Kier alpha value is -1.59. The highest BCUT2D eigenvalue weighted by molar-refractivity contribution is 6.36. The highest BCUT2D eigenvalue weighted by Gasteiger charge is 2.44. The maximum atomic E-state index is 6.40. The van der Waals surface area contributed by atoms with Gasteiger partial charge in [0.05, 0.1) is 15.7 Å². The molecule has 25 heavy (non-hydrogen) atoms. The normalized spacial score (nSPS) is 22.3. The third-order valence-electron chi connectivity index (χ3n) is 5.29. The number of anilines is 2. The van der Waals surface area contributed by atoms with Crippen molar-refractivity contribution < 1.29 is 0 Å². The van der Waals surface area contributed by atoms with Crippen LogP contribution in [0.2, 0.25) is 10.0 Å². The third kappa shape index (κ3) is 2.93. The molecule has 2 aromatic heterocycles. The van der Waals surface area contributed by atoms with Crippen molar-refractivity contribution in [2.45, 2.75) is 31.1 Å². The van der Waals surface area contributed by atoms with E-state index < -0.39 is 0 Å². The fourth-order valence-corrected chi connectivity index (χ4v) is 4.60. The summed E-state index contributed by atoms with van der Waals surface area (Å²) in [7, 11) is 3.96. The minimum absolute atomic E-state index is 0.0614. The number of hydrogen-bond donors (Lipinski definition) is 0. The van der Waals surface area contributed by atoms with Gasteiger partial charge in [-0.2, -0.15) is 0 Å². The van der Waals surface area contributed by atoms with Gasteiger partial charge in [0.25, 0.3) is 0 Å². The number of piperidine rings is 1. The van der Waals surface area contributed by atoms with E-state index in [-0.39, 0.29) is 5.41 Å². The van der Waals surface area contributed by atoms with Crippen molar-refractivity contribution >= 4 is 35.0 Å². The van der Waals surface area contributed by atoms with E-state index in [0.29, 0.717) is 10.0 Å². The molecular weight excluding hydrogens is 357 g/mol. The number of hydrogen-bond acceptors (Lipinski definition) is 5. The number of halogens is 2. The quantitative estimate of drug-likeness (QED) is 0.797. The average Bonchev–Trinajstić information content (AvgIpc) is 2.92. The zero-order valence-corrected chi connectivity index (χ0v) is 16.0. The summed E-state index contributed by atoms with van der Waals surface area (Å²) in [6.07, 6.45) is 8.05. The highest BCUT2D eigenvalue weighted by atomic mass is 35.5. The van der Waals surface area contributed by atoms with Crippen LogP contribution < -0.4 is 9.80 Å². The van der Waals surface area contributed by atoms with Crippen molar-refractivity contribution in [3.05, 3.63) is 39.8 Å². The van der Waals surface area contributed by atoms with Gasteiger partial charge < -0.3 is 9.80 Å². The molecule has 0 bridgehead atoms. The Morgan fingerprint density at radius 3 is 2.76 bits per heavy atom. The molecular formula is C18H21Cl2N5. The lowest BCUT2D eigenvalue weighted by molar-refractivity contribution is 0.333. The molecule has 7 heteroatoms. The van der Waals surface area contributed by atoms with E-state index in [0.717, 1.165) is 50.5 Å². The van der Waals surface area contributed by atoms with E-state index in [2.05, 4.69) is 14.9 Å². The fourth-order valence-electron chi connectivity index (χ4n) is 4.10. The predicted octanol–water partition coefficient (Wildman–Crippen LogP) is 3.73. The topological polar surface area (TPSA) is 45.2 Å². The van der Waals surface area contributed by atoms with Gasteiger partial charge in [0.15, 0.2) is 0 Å². The number of nitrogens with zero attached hydrogens (tertiary/aromatic N) is 5. The van der Waals surface area contributed by atoms with Gasteiger partial charge in [-0.1, -0.05) is 23.2 Å². The molecule has 0 saturated carbocycles. The second kappa shape index (κ2) is 6.29. The zero-order chi connectivity index (χ0) is 17.6. The minimum atomic E-state index is 0.0614. The largest absolute Gasteiger partial charge is 0.354 e. The summed E-state index contributed by atoms with van der Waals surface area (Å²) in [6.45, 7) is 1.84. The molecule has 2 aromatic rings. The Kier molecular flexibility index (Phi) is 4.24. The molecule has 3 heterocycles. The van der Waals surface area contributed by atoms with E-state index in [9.17, 15) is 0 Å². The van der Waals surface area contributed by atoms with Crippen molar-refractivity contribution in [1.82, 2.24) is 15.0 Å². The molecule has 1 spiro atoms. The van der Waals surface area contributed by atoms with Crippen LogP contribution in [0.15, 0.2) is 18.5 Å². The minimum Gasteiger partial charge on any atom is -0.354 e. The van der Waals surface area contributed by atoms with Crippen LogP contribution in [-0.2, 0) is 11.8 Å². The lowest BCUT2D eigenvalue weighted by atomic mass is 9.77. The number of aromatic nitrogens is 3. The summed E-state index contributed by atoms with van der Waals surface area (Å²) < 4.78 is 0. The molecule has 5 nitrogen and oxygen atoms in total. The SMILES string of the molecule is CN(C)c1ncc2c(n1)C1(CCCN(c3ncc(Cl)cc3Cl)C1)CC2. The molecule has 1 unspecified atom stereocenters. The first kappa shape index (κ1) is 16.9. The van der Waals surface area contributed by atoms with E-state index in [1.54, 1.807) is 12.3 Å². The standard InChI is InChI=1S/C18H21Cl2N5/c1-24(2)17-22-9-12-4-6-18(15(12)23-17)5-3-7-25(11-18)16-14(20)8-13(19)10-21-16/h8-10H,3-7,11H2,1-2H3. The number of fused-ring (bicyclic) bond motifs is 2. The lowest BCUT2D eigenvalue weighted by Gasteiger charge is -2.41. The Bertz CT molecular complexity index is 806. The lowest BCUT2D eigenvalue weighted by Crippen LogP contribution is -2.46. The van der Waals surface area contributed by atoms with Crippen molar-refractivity contribution in [3.63, 3.8) is 0 Å². The van der Waals surface area contributed by atoms with E-state index in [1.807, 2.05) is 25.2 Å². The number of rotatable bonds is 2. The van der Waals surface area contributed by atoms with Crippen LogP contribution in [0.4, 0.5) is 11.8 Å². The second-order valence-corrected chi connectivity index (χ2v) is 8.05. The molecule has 1 fully saturated rings. The molecule has 1 aliphatic heterocycles. The van der Waals surface area contributed by atoms with Crippen LogP contribution >= 0.6 is 23.2 Å². The van der Waals surface area contributed by atoms with Gasteiger partial charge in [-0.3, -0.25) is 0 Å². The summed E-state index contributed by atoms with van der Waals surface area (Å²) in [5.41, 5.74) is 2.55. The van der Waals surface area contributed by atoms with Crippen molar-refractivity contribution in [2.75, 3.05) is 37.0 Å². The van der Waals surface area contributed by atoms with Gasteiger partial charge in [0.1, 0.15) is 5.82 Å². The van der Waals surface area contributed by atoms with Crippen molar-refractivity contribution in [1.29, 1.82) is 0 Å². The van der Waals surface area contributed by atoms with Crippen molar-refractivity contribution in [2.24, 2.45) is 0 Å². The summed E-state index contributed by atoms with van der Waals surface area (Å²) >= 11 is 12.4. The van der Waals surface area contributed by atoms with Crippen molar-refractivity contribution in [3.8, 4) is 0 Å². The molecule has 0 aromatic carbocycles. The fraction of sp³-hybridized carbons (Fsp3) is 0.500. The smallest absolute Gasteiger partial charge is 0.225 e. The molecule has 1 saturated heterocycles. The Balaban J connectivity index is 1.69. The molecule has 0 N–H and O–H groups in total. The Morgan fingerprint density at radius 1 is 1.16 bits per heavy atom. The van der Waals surface area contributed by atoms with Gasteiger partial charge in [-0.15, -0.1) is 0 Å². The molecule has 1 atom stereocenters. The molecule has 0 radical (unpaired) electrons. The van der Waals surface area contributed by atoms with Crippen LogP contribution in [0.3, 0.4) is 0 Å². The maximum Gasteiger partial charge on any atom is 0.225 e. The summed E-state index contributed by atoms with van der Waals surface area (Å²) in [5.74, 6) is 1.60. The summed E-state index contributed by atoms with van der Waals surface area (Å²) in [4.78, 5) is 18.1. The summed E-state index contributed by atoms with van der Waals surface area (Å²) in [6, 6.07) is 1.77. The van der Waals surface area contributed by atoms with Crippen LogP contribution in [0.1, 0.15) is 30.5 Å². The van der Waals surface area contributed by atoms with Crippen LogP contribution in [0.25, 0.3) is 0 Å². The Morgan fingerprint density at radius 2 is 2.00 bits per heavy atom. The molecule has 2 aliphatic rings. The predicted molar refractivity (Wildman–Crippen MR) is 102 cm³/mol. The molecule has 1 aliphatic carbocycles. The van der Waals surface area contributed by atoms with Gasteiger partial charge in [0, 0.05) is 45.0 Å². The van der Waals surface area contributed by atoms with E-state index >= 15 is 0 Å². The zero-order valence-electron chi connectivity index (χ0n) is 14.5. The Labute approximate surface area is 158 Å². The monoisotopic (exact) mass is 377 g/mol. The van der Waals surface area contributed by atoms with Gasteiger partial charge in [0.2, 0.25) is 5.95 Å². The number of aryl methyl sites for hydroxylation is 1. The molecule has 0 amide bonds. The molecule has 4 rings (SSSR count).